The van der Waals surface area contributed by atoms with Crippen LogP contribution < -0.4 is 0 Å². The van der Waals surface area contributed by atoms with Crippen LogP contribution in [0.2, 0.25) is 0 Å². The van der Waals surface area contributed by atoms with Gasteiger partial charge in [0.25, 0.3) is 0 Å². The summed E-state index contributed by atoms with van der Waals surface area (Å²) >= 11 is 0. The van der Waals surface area contributed by atoms with Crippen molar-refractivity contribution in [2.24, 2.45) is 11.8 Å². The second kappa shape index (κ2) is 5.24. The summed E-state index contributed by atoms with van der Waals surface area (Å²) in [4.78, 5) is 0. The molecule has 0 radical (unpaired) electrons. The number of hydrogen-bond acceptors (Lipinski definition) is 3. The monoisotopic (exact) mass is 261 g/mol. The van der Waals surface area contributed by atoms with E-state index in [1.54, 1.807) is 11.2 Å². The molecular formula is C12H23NO3S. The minimum atomic E-state index is -3.28. The first-order chi connectivity index (χ1) is 8.05. The van der Waals surface area contributed by atoms with Crippen molar-refractivity contribution in [3.8, 4) is 0 Å². The van der Waals surface area contributed by atoms with Crippen LogP contribution in [0.15, 0.2) is 0 Å². The van der Waals surface area contributed by atoms with E-state index in [2.05, 4.69) is 0 Å². The van der Waals surface area contributed by atoms with E-state index in [1.807, 2.05) is 0 Å². The number of fused-ring (bicyclic) bond motifs is 1. The van der Waals surface area contributed by atoms with Crippen molar-refractivity contribution in [3.63, 3.8) is 0 Å². The Balaban J connectivity index is 2.04. The molecule has 4 nitrogen and oxygen atoms in total. The molecule has 2 fully saturated rings. The normalized spacial score (nSPS) is 33.1. The largest absolute Gasteiger partial charge is 0.395 e. The van der Waals surface area contributed by atoms with Crippen LogP contribution in [0.25, 0.3) is 0 Å². The van der Waals surface area contributed by atoms with Crippen molar-refractivity contribution < 1.29 is 13.5 Å². The van der Waals surface area contributed by atoms with Gasteiger partial charge in [0.2, 0.25) is 10.0 Å². The van der Waals surface area contributed by atoms with E-state index < -0.39 is 15.3 Å². The van der Waals surface area contributed by atoms with E-state index >= 15 is 0 Å². The van der Waals surface area contributed by atoms with E-state index in [9.17, 15) is 8.42 Å². The van der Waals surface area contributed by atoms with Gasteiger partial charge in [-0.3, -0.25) is 0 Å². The van der Waals surface area contributed by atoms with Gasteiger partial charge < -0.3 is 5.11 Å². The topological polar surface area (TPSA) is 57.6 Å². The maximum atomic E-state index is 12.2. The van der Waals surface area contributed by atoms with Crippen molar-refractivity contribution in [3.05, 3.63) is 0 Å². The van der Waals surface area contributed by atoms with Crippen LogP contribution in [0.1, 0.15) is 39.0 Å². The average Bonchev–Trinajstić information content (AvgIpc) is 2.37. The minimum absolute atomic E-state index is 0.285. The molecule has 100 valence electrons. The molecule has 5 heteroatoms. The Morgan fingerprint density at radius 2 is 1.88 bits per heavy atom. The molecule has 1 heterocycles. The van der Waals surface area contributed by atoms with Crippen LogP contribution in [0.5, 0.6) is 0 Å². The molecule has 0 amide bonds. The lowest BCUT2D eigenvalue weighted by Gasteiger charge is -2.41. The van der Waals surface area contributed by atoms with Gasteiger partial charge in [-0.05, 0) is 31.6 Å². The quantitative estimate of drug-likeness (QED) is 0.831. The van der Waals surface area contributed by atoms with Gasteiger partial charge >= 0.3 is 0 Å². The molecule has 3 unspecified atom stereocenters. The van der Waals surface area contributed by atoms with Gasteiger partial charge in [-0.1, -0.05) is 19.3 Å². The fraction of sp³-hybridized carbons (Fsp3) is 1.00. The Hall–Kier alpha value is -0.130. The van der Waals surface area contributed by atoms with Crippen LogP contribution in [-0.2, 0) is 10.0 Å². The lowest BCUT2D eigenvalue weighted by Crippen LogP contribution is -2.48. The molecule has 1 saturated heterocycles. The van der Waals surface area contributed by atoms with Crippen LogP contribution in [0.3, 0.4) is 0 Å². The predicted octanol–water partition coefficient (Wildman–Crippen LogP) is 1.21. The number of piperidine rings is 1. The van der Waals surface area contributed by atoms with Gasteiger partial charge in [0.15, 0.2) is 0 Å². The highest BCUT2D eigenvalue weighted by Crippen LogP contribution is 2.37. The number of hydrogen-bond donors (Lipinski definition) is 1. The zero-order valence-corrected chi connectivity index (χ0v) is 11.3. The molecule has 2 rings (SSSR count). The number of aliphatic hydroxyl groups is 1. The second-order valence-corrected chi connectivity index (χ2v) is 7.84. The second-order valence-electron chi connectivity index (χ2n) is 5.49. The third kappa shape index (κ3) is 2.66. The fourth-order valence-electron chi connectivity index (χ4n) is 3.15. The van der Waals surface area contributed by atoms with E-state index in [0.29, 0.717) is 19.0 Å². The zero-order chi connectivity index (χ0) is 12.5. The van der Waals surface area contributed by atoms with Gasteiger partial charge in [-0.25, -0.2) is 12.7 Å². The van der Waals surface area contributed by atoms with Crippen molar-refractivity contribution >= 4 is 10.0 Å². The van der Waals surface area contributed by atoms with Crippen LogP contribution in [-0.4, -0.2) is 42.8 Å². The fourth-order valence-corrected chi connectivity index (χ4v) is 4.60. The lowest BCUT2D eigenvalue weighted by molar-refractivity contribution is 0.135. The molecule has 0 bridgehead atoms. The van der Waals surface area contributed by atoms with Gasteiger partial charge in [0.05, 0.1) is 11.9 Å². The highest BCUT2D eigenvalue weighted by atomic mass is 32.2. The average molecular weight is 261 g/mol. The Morgan fingerprint density at radius 1 is 1.24 bits per heavy atom. The molecule has 0 aromatic heterocycles. The van der Waals surface area contributed by atoms with Gasteiger partial charge in [0, 0.05) is 13.1 Å². The zero-order valence-electron chi connectivity index (χ0n) is 10.5. The first-order valence-electron chi connectivity index (χ1n) is 6.65. The highest BCUT2D eigenvalue weighted by Gasteiger charge is 2.37. The number of sulfonamides is 1. The van der Waals surface area contributed by atoms with E-state index in [-0.39, 0.29) is 6.61 Å². The molecule has 2 aliphatic rings. The Kier molecular flexibility index (Phi) is 4.10. The Bertz CT molecular complexity index is 355. The minimum Gasteiger partial charge on any atom is -0.395 e. The third-order valence-electron chi connectivity index (χ3n) is 4.38. The highest BCUT2D eigenvalue weighted by molar-refractivity contribution is 7.89. The van der Waals surface area contributed by atoms with Crippen LogP contribution in [0, 0.1) is 11.8 Å². The van der Waals surface area contributed by atoms with Crippen molar-refractivity contribution in [1.29, 1.82) is 0 Å². The molecule has 1 saturated carbocycles. The van der Waals surface area contributed by atoms with Gasteiger partial charge in [-0.2, -0.15) is 0 Å². The number of aliphatic hydroxyl groups excluding tert-OH is 1. The van der Waals surface area contributed by atoms with Crippen molar-refractivity contribution in [2.45, 2.75) is 44.3 Å². The molecule has 1 aliphatic carbocycles. The summed E-state index contributed by atoms with van der Waals surface area (Å²) in [6.07, 6.45) is 5.99. The molecule has 0 aromatic carbocycles. The molecular weight excluding hydrogens is 238 g/mol. The first kappa shape index (κ1) is 13.3. The third-order valence-corrected chi connectivity index (χ3v) is 6.60. The summed E-state index contributed by atoms with van der Waals surface area (Å²) < 4.78 is 25.9. The van der Waals surface area contributed by atoms with Crippen LogP contribution >= 0.6 is 0 Å². The number of rotatable bonds is 3. The predicted molar refractivity (Wildman–Crippen MR) is 67.1 cm³/mol. The first-order valence-corrected chi connectivity index (χ1v) is 8.16. The maximum Gasteiger partial charge on any atom is 0.218 e. The van der Waals surface area contributed by atoms with E-state index in [4.69, 9.17) is 5.11 Å². The summed E-state index contributed by atoms with van der Waals surface area (Å²) in [5.41, 5.74) is 0. The summed E-state index contributed by atoms with van der Waals surface area (Å²) in [5.74, 6) is 1.29. The summed E-state index contributed by atoms with van der Waals surface area (Å²) in [6, 6.07) is 0. The molecule has 1 aliphatic heterocycles. The summed E-state index contributed by atoms with van der Waals surface area (Å²) in [5, 5.41) is 8.36. The maximum absolute atomic E-state index is 12.2. The Morgan fingerprint density at radius 3 is 2.53 bits per heavy atom. The number of nitrogens with zero attached hydrogens (tertiary/aromatic N) is 1. The molecule has 0 aromatic rings. The smallest absolute Gasteiger partial charge is 0.218 e. The van der Waals surface area contributed by atoms with E-state index in [0.717, 1.165) is 12.3 Å². The summed E-state index contributed by atoms with van der Waals surface area (Å²) in [7, 11) is -3.28. The molecule has 17 heavy (non-hydrogen) atoms. The van der Waals surface area contributed by atoms with Gasteiger partial charge in [0.1, 0.15) is 0 Å². The van der Waals surface area contributed by atoms with Crippen LogP contribution in [0.4, 0.5) is 0 Å². The van der Waals surface area contributed by atoms with E-state index in [1.165, 1.54) is 25.7 Å². The SMILES string of the molecule is CC(CO)S(=O)(=O)N1CCC2CCCCC2C1. The lowest BCUT2D eigenvalue weighted by atomic mass is 9.76. The van der Waals surface area contributed by atoms with Crippen molar-refractivity contribution in [1.82, 2.24) is 4.31 Å². The Labute approximate surface area is 104 Å². The molecule has 3 atom stereocenters. The van der Waals surface area contributed by atoms with Crippen molar-refractivity contribution in [2.75, 3.05) is 19.7 Å². The molecule has 0 spiro atoms. The summed E-state index contributed by atoms with van der Waals surface area (Å²) in [6.45, 7) is 2.63. The van der Waals surface area contributed by atoms with Gasteiger partial charge in [-0.15, -0.1) is 0 Å². The molecule has 1 N–H and O–H groups in total. The standard InChI is InChI=1S/C12H23NO3S/c1-10(9-14)17(15,16)13-7-6-11-4-2-3-5-12(11)8-13/h10-12,14H,2-9H2,1H3.